The van der Waals surface area contributed by atoms with E-state index in [0.29, 0.717) is 12.4 Å². The van der Waals surface area contributed by atoms with Gasteiger partial charge in [-0.25, -0.2) is 0 Å². The molecule has 0 amide bonds. The molecule has 116 valence electrons. The summed E-state index contributed by atoms with van der Waals surface area (Å²) in [6.07, 6.45) is 1.59. The van der Waals surface area contributed by atoms with Crippen LogP contribution in [0.1, 0.15) is 5.56 Å². The maximum Gasteiger partial charge on any atom is 0.488 e. The Bertz CT molecular complexity index is 727. The number of anilines is 1. The van der Waals surface area contributed by atoms with Crippen molar-refractivity contribution in [3.05, 3.63) is 66.9 Å². The third-order valence-electron chi connectivity index (χ3n) is 2.65. The van der Waals surface area contributed by atoms with Gasteiger partial charge in [0, 0.05) is 5.69 Å². The zero-order chi connectivity index (χ0) is 16.0. The van der Waals surface area contributed by atoms with Crippen LogP contribution in [0.4, 0.5) is 9.57 Å². The Hall–Kier alpha value is -2.54. The van der Waals surface area contributed by atoms with Crippen LogP contribution in [0.15, 0.2) is 61.3 Å². The summed E-state index contributed by atoms with van der Waals surface area (Å²) in [5, 5.41) is 2.96. The van der Waals surface area contributed by atoms with Crippen LogP contribution in [-0.4, -0.2) is 8.42 Å². The van der Waals surface area contributed by atoms with Gasteiger partial charge in [-0.2, -0.15) is 8.42 Å². The fraction of sp³-hybridized carbons (Fsp3) is 0.0667. The number of halogens is 1. The van der Waals surface area contributed by atoms with Crippen LogP contribution in [0.3, 0.4) is 0 Å². The predicted octanol–water partition coefficient (Wildman–Crippen LogP) is 3.41. The van der Waals surface area contributed by atoms with Crippen molar-refractivity contribution in [1.82, 2.24) is 0 Å². The van der Waals surface area contributed by atoms with Crippen molar-refractivity contribution in [3.63, 3.8) is 0 Å². The number of nitrogens with one attached hydrogen (secondary N) is 1. The van der Waals surface area contributed by atoms with Gasteiger partial charge in [0.15, 0.2) is 0 Å². The molecule has 0 heterocycles. The maximum atomic E-state index is 12.3. The largest absolute Gasteiger partial charge is 0.489 e. The van der Waals surface area contributed by atoms with E-state index in [1.54, 1.807) is 6.20 Å². The van der Waals surface area contributed by atoms with Crippen LogP contribution in [-0.2, 0) is 17.1 Å². The standard InChI is InChI=1S/C15H14FNO4S/c1-2-17-13-5-3-12(4-6-13)11-20-14-7-9-15(10-8-14)21-22(16,18)19/h2-10,17H,1,11H2. The molecular weight excluding hydrogens is 309 g/mol. The summed E-state index contributed by atoms with van der Waals surface area (Å²) in [6.45, 7) is 3.92. The van der Waals surface area contributed by atoms with Crippen molar-refractivity contribution in [2.75, 3.05) is 5.32 Å². The van der Waals surface area contributed by atoms with E-state index in [1.165, 1.54) is 24.3 Å². The molecule has 5 nitrogen and oxygen atoms in total. The zero-order valence-electron chi connectivity index (χ0n) is 11.5. The van der Waals surface area contributed by atoms with Gasteiger partial charge in [0.2, 0.25) is 0 Å². The van der Waals surface area contributed by atoms with Gasteiger partial charge in [0.05, 0.1) is 0 Å². The molecule has 0 radical (unpaired) electrons. The van der Waals surface area contributed by atoms with Crippen molar-refractivity contribution < 1.29 is 21.2 Å². The van der Waals surface area contributed by atoms with E-state index in [2.05, 4.69) is 16.1 Å². The molecule has 0 fully saturated rings. The molecule has 0 bridgehead atoms. The smallest absolute Gasteiger partial charge is 0.488 e. The highest BCUT2D eigenvalue weighted by molar-refractivity contribution is 7.81. The quantitative estimate of drug-likeness (QED) is 0.791. The molecule has 0 aliphatic carbocycles. The van der Waals surface area contributed by atoms with Gasteiger partial charge in [-0.15, -0.1) is 0 Å². The molecular formula is C15H14FNO4S. The van der Waals surface area contributed by atoms with E-state index >= 15 is 0 Å². The Morgan fingerprint density at radius 3 is 2.18 bits per heavy atom. The Kier molecular flexibility index (Phi) is 5.00. The summed E-state index contributed by atoms with van der Waals surface area (Å²) in [5.41, 5.74) is 1.88. The summed E-state index contributed by atoms with van der Waals surface area (Å²) >= 11 is 0. The minimum absolute atomic E-state index is 0.116. The minimum Gasteiger partial charge on any atom is -0.489 e. The molecule has 0 unspecified atom stereocenters. The summed E-state index contributed by atoms with van der Waals surface area (Å²) in [4.78, 5) is 0. The number of rotatable bonds is 7. The summed E-state index contributed by atoms with van der Waals surface area (Å²) in [6, 6.07) is 13.2. The average Bonchev–Trinajstić information content (AvgIpc) is 2.47. The monoisotopic (exact) mass is 323 g/mol. The molecule has 22 heavy (non-hydrogen) atoms. The number of ether oxygens (including phenoxy) is 1. The average molecular weight is 323 g/mol. The lowest BCUT2D eigenvalue weighted by atomic mass is 10.2. The van der Waals surface area contributed by atoms with Gasteiger partial charge in [-0.05, 0) is 48.2 Å². The molecule has 0 aliphatic rings. The highest BCUT2D eigenvalue weighted by Gasteiger charge is 2.09. The lowest BCUT2D eigenvalue weighted by Gasteiger charge is -2.08. The van der Waals surface area contributed by atoms with Crippen LogP contribution >= 0.6 is 0 Å². The Labute approximate surface area is 128 Å². The second-order valence-electron chi connectivity index (χ2n) is 4.28. The fourth-order valence-corrected chi connectivity index (χ4v) is 2.03. The molecule has 7 heteroatoms. The predicted molar refractivity (Wildman–Crippen MR) is 81.7 cm³/mol. The van der Waals surface area contributed by atoms with Gasteiger partial charge in [0.25, 0.3) is 0 Å². The number of hydrogen-bond donors (Lipinski definition) is 1. The van der Waals surface area contributed by atoms with E-state index in [4.69, 9.17) is 4.74 Å². The number of hydrogen-bond acceptors (Lipinski definition) is 5. The van der Waals surface area contributed by atoms with Crippen LogP contribution in [0, 0.1) is 0 Å². The summed E-state index contributed by atoms with van der Waals surface area (Å²) in [7, 11) is -5.01. The first-order valence-corrected chi connectivity index (χ1v) is 7.60. The Morgan fingerprint density at radius 2 is 1.64 bits per heavy atom. The molecule has 0 atom stereocenters. The second-order valence-corrected chi connectivity index (χ2v) is 5.23. The highest BCUT2D eigenvalue weighted by atomic mass is 32.3. The molecule has 0 saturated heterocycles. The van der Waals surface area contributed by atoms with Gasteiger partial charge in [-0.1, -0.05) is 22.6 Å². The molecule has 0 spiro atoms. The molecule has 0 saturated carbocycles. The zero-order valence-corrected chi connectivity index (χ0v) is 12.3. The molecule has 0 aliphatic heterocycles. The maximum absolute atomic E-state index is 12.3. The molecule has 2 rings (SSSR count). The molecule has 2 aromatic carbocycles. The van der Waals surface area contributed by atoms with Gasteiger partial charge >= 0.3 is 10.5 Å². The topological polar surface area (TPSA) is 64.6 Å². The lowest BCUT2D eigenvalue weighted by Crippen LogP contribution is -2.01. The van der Waals surface area contributed by atoms with E-state index < -0.39 is 10.5 Å². The van der Waals surface area contributed by atoms with Crippen LogP contribution in [0.2, 0.25) is 0 Å². The van der Waals surface area contributed by atoms with Gasteiger partial charge in [-0.3, -0.25) is 0 Å². The van der Waals surface area contributed by atoms with E-state index in [0.717, 1.165) is 11.3 Å². The van der Waals surface area contributed by atoms with E-state index in [1.807, 2.05) is 24.3 Å². The molecule has 1 N–H and O–H groups in total. The fourth-order valence-electron chi connectivity index (χ4n) is 1.69. The normalized spacial score (nSPS) is 10.8. The lowest BCUT2D eigenvalue weighted by molar-refractivity contribution is 0.306. The van der Waals surface area contributed by atoms with E-state index in [-0.39, 0.29) is 5.75 Å². The minimum atomic E-state index is -5.01. The van der Waals surface area contributed by atoms with Gasteiger partial charge in [0.1, 0.15) is 18.1 Å². The van der Waals surface area contributed by atoms with Crippen molar-refractivity contribution in [2.24, 2.45) is 0 Å². The van der Waals surface area contributed by atoms with Crippen LogP contribution < -0.4 is 14.2 Å². The first kappa shape index (κ1) is 15.8. The highest BCUT2D eigenvalue weighted by Crippen LogP contribution is 2.20. The molecule has 2 aromatic rings. The molecule has 0 aromatic heterocycles. The second kappa shape index (κ2) is 6.95. The first-order valence-electron chi connectivity index (χ1n) is 6.29. The first-order chi connectivity index (χ1) is 10.5. The summed E-state index contributed by atoms with van der Waals surface area (Å²) < 4.78 is 42.6. The SMILES string of the molecule is C=CNc1ccc(COc2ccc(OS(=O)(=O)F)cc2)cc1. The Balaban J connectivity index is 1.92. The Morgan fingerprint density at radius 1 is 1.05 bits per heavy atom. The number of benzene rings is 2. The van der Waals surface area contributed by atoms with Crippen molar-refractivity contribution in [3.8, 4) is 11.5 Å². The third kappa shape index (κ3) is 5.10. The van der Waals surface area contributed by atoms with Crippen molar-refractivity contribution >= 4 is 16.2 Å². The van der Waals surface area contributed by atoms with Crippen molar-refractivity contribution in [1.29, 1.82) is 0 Å². The summed E-state index contributed by atoms with van der Waals surface area (Å²) in [5.74, 6) is 0.395. The third-order valence-corrected chi connectivity index (χ3v) is 3.04. The van der Waals surface area contributed by atoms with E-state index in [9.17, 15) is 12.3 Å². The van der Waals surface area contributed by atoms with Crippen molar-refractivity contribution in [2.45, 2.75) is 6.61 Å². The van der Waals surface area contributed by atoms with Crippen LogP contribution in [0.25, 0.3) is 0 Å². The van der Waals surface area contributed by atoms with Gasteiger partial charge < -0.3 is 14.2 Å². The van der Waals surface area contributed by atoms with Crippen LogP contribution in [0.5, 0.6) is 11.5 Å².